The second kappa shape index (κ2) is 6.63. The van der Waals surface area contributed by atoms with Crippen LogP contribution in [0.3, 0.4) is 0 Å². The van der Waals surface area contributed by atoms with Crippen molar-refractivity contribution in [3.05, 3.63) is 64.4 Å². The zero-order valence-corrected chi connectivity index (χ0v) is 14.8. The van der Waals surface area contributed by atoms with Gasteiger partial charge < -0.3 is 9.80 Å². The molecule has 1 N–H and O–H groups in total. The van der Waals surface area contributed by atoms with Gasteiger partial charge in [0.1, 0.15) is 6.54 Å². The minimum Gasteiger partial charge on any atom is -0.360 e. The lowest BCUT2D eigenvalue weighted by Crippen LogP contribution is -3.13. The highest BCUT2D eigenvalue weighted by atomic mass is 35.5. The van der Waals surface area contributed by atoms with Crippen LogP contribution in [0.5, 0.6) is 0 Å². The van der Waals surface area contributed by atoms with Crippen molar-refractivity contribution in [2.24, 2.45) is 0 Å². The van der Waals surface area contributed by atoms with Crippen molar-refractivity contribution in [3.8, 4) is 0 Å². The second-order valence-corrected chi connectivity index (χ2v) is 7.03. The largest absolute Gasteiger partial charge is 0.360 e. The number of nitrogens with zero attached hydrogens (tertiary/aromatic N) is 3. The topological polar surface area (TPSA) is 25.0 Å². The quantitative estimate of drug-likeness (QED) is 0.775. The van der Waals surface area contributed by atoms with Crippen molar-refractivity contribution < 1.29 is 4.90 Å². The number of benzene rings is 1. The molecule has 1 aliphatic heterocycles. The van der Waals surface area contributed by atoms with Crippen molar-refractivity contribution in [3.63, 3.8) is 0 Å². The zero-order chi connectivity index (χ0) is 16.5. The number of nitrogens with one attached hydrogen (secondary N) is 1. The van der Waals surface area contributed by atoms with Gasteiger partial charge in [-0.05, 0) is 30.3 Å². The summed E-state index contributed by atoms with van der Waals surface area (Å²) < 4.78 is 1.95. The normalized spacial score (nSPS) is 16.0. The van der Waals surface area contributed by atoms with Crippen LogP contribution in [0.1, 0.15) is 5.56 Å². The summed E-state index contributed by atoms with van der Waals surface area (Å²) in [5, 5.41) is 5.66. The molecule has 0 spiro atoms. The Hall–Kier alpha value is -1.75. The number of halogens is 2. The molecular weight excluding hydrogens is 343 g/mol. The summed E-state index contributed by atoms with van der Waals surface area (Å²) in [7, 11) is 0. The Bertz CT molecular complexity index is 853. The van der Waals surface area contributed by atoms with Gasteiger partial charge in [-0.15, -0.1) is 0 Å². The molecule has 0 bridgehead atoms. The maximum absolute atomic E-state index is 6.14. The highest BCUT2D eigenvalue weighted by Gasteiger charge is 2.22. The van der Waals surface area contributed by atoms with E-state index >= 15 is 0 Å². The maximum Gasteiger partial charge on any atom is 0.107 e. The van der Waals surface area contributed by atoms with Gasteiger partial charge in [0.15, 0.2) is 0 Å². The maximum atomic E-state index is 6.14. The molecule has 0 radical (unpaired) electrons. The standard InChI is InChI=1S/C18H18Cl2N4/c19-16-5-4-15(11-17(16)20)23-9-7-22(8-10-23)13-14-12-21-24-6-2-1-3-18(14)24/h1-6,11-12H,7-10,13H2/p+1. The molecular formula is C18H19Cl2N4+. The number of rotatable bonds is 3. The smallest absolute Gasteiger partial charge is 0.107 e. The zero-order valence-electron chi connectivity index (χ0n) is 13.3. The van der Waals surface area contributed by atoms with Gasteiger partial charge in [-0.1, -0.05) is 29.3 Å². The minimum atomic E-state index is 0.609. The molecule has 1 saturated heterocycles. The van der Waals surface area contributed by atoms with Gasteiger partial charge >= 0.3 is 0 Å². The van der Waals surface area contributed by atoms with E-state index in [2.05, 4.69) is 22.1 Å². The molecule has 4 rings (SSSR count). The molecule has 0 amide bonds. The van der Waals surface area contributed by atoms with Gasteiger partial charge in [0, 0.05) is 11.9 Å². The van der Waals surface area contributed by atoms with Crippen LogP contribution in [0.25, 0.3) is 5.52 Å². The van der Waals surface area contributed by atoms with Gasteiger partial charge in [0.2, 0.25) is 0 Å². The fourth-order valence-corrected chi connectivity index (χ4v) is 3.63. The molecule has 124 valence electrons. The number of hydrogen-bond acceptors (Lipinski definition) is 2. The van der Waals surface area contributed by atoms with Crippen molar-refractivity contribution in [2.45, 2.75) is 6.54 Å². The van der Waals surface area contributed by atoms with Crippen LogP contribution in [0.15, 0.2) is 48.8 Å². The molecule has 4 nitrogen and oxygen atoms in total. The average molecular weight is 362 g/mol. The molecule has 0 unspecified atom stereocenters. The molecule has 3 heterocycles. The number of hydrogen-bond donors (Lipinski definition) is 1. The number of aromatic nitrogens is 2. The van der Waals surface area contributed by atoms with Crippen molar-refractivity contribution in [2.75, 3.05) is 31.1 Å². The predicted octanol–water partition coefficient (Wildman–Crippen LogP) is 2.55. The van der Waals surface area contributed by atoms with E-state index in [0.29, 0.717) is 10.0 Å². The van der Waals surface area contributed by atoms with E-state index in [1.54, 1.807) is 4.90 Å². The molecule has 0 aliphatic carbocycles. The van der Waals surface area contributed by atoms with Gasteiger partial charge in [0.05, 0.1) is 53.5 Å². The first-order valence-corrected chi connectivity index (χ1v) is 8.91. The summed E-state index contributed by atoms with van der Waals surface area (Å²) >= 11 is 12.1. The fourth-order valence-electron chi connectivity index (χ4n) is 3.33. The van der Waals surface area contributed by atoms with Crippen LogP contribution in [0.4, 0.5) is 5.69 Å². The van der Waals surface area contributed by atoms with Crippen LogP contribution in [0.2, 0.25) is 10.0 Å². The molecule has 0 saturated carbocycles. The number of pyridine rings is 1. The second-order valence-electron chi connectivity index (χ2n) is 6.21. The van der Waals surface area contributed by atoms with Crippen LogP contribution in [-0.4, -0.2) is 35.8 Å². The predicted molar refractivity (Wildman–Crippen MR) is 98.3 cm³/mol. The van der Waals surface area contributed by atoms with Crippen LogP contribution < -0.4 is 9.80 Å². The SMILES string of the molecule is Clc1ccc(N2CC[NH+](Cc3cnn4ccccc34)CC2)cc1Cl. The van der Waals surface area contributed by atoms with E-state index < -0.39 is 0 Å². The Balaban J connectivity index is 1.42. The number of fused-ring (bicyclic) bond motifs is 1. The molecule has 1 aliphatic rings. The Morgan fingerprint density at radius 3 is 2.67 bits per heavy atom. The Morgan fingerprint density at radius 2 is 1.88 bits per heavy atom. The highest BCUT2D eigenvalue weighted by Crippen LogP contribution is 2.27. The molecule has 6 heteroatoms. The number of anilines is 1. The third kappa shape index (κ3) is 3.09. The molecule has 3 aromatic rings. The van der Waals surface area contributed by atoms with E-state index in [4.69, 9.17) is 23.2 Å². The van der Waals surface area contributed by atoms with Gasteiger partial charge in [0.25, 0.3) is 0 Å². The summed E-state index contributed by atoms with van der Waals surface area (Å²) in [6.45, 7) is 5.26. The number of piperazine rings is 1. The van der Waals surface area contributed by atoms with Crippen molar-refractivity contribution in [1.82, 2.24) is 9.61 Å². The van der Waals surface area contributed by atoms with E-state index in [0.717, 1.165) is 38.4 Å². The first-order chi connectivity index (χ1) is 11.7. The van der Waals surface area contributed by atoms with E-state index in [1.807, 2.05) is 41.2 Å². The summed E-state index contributed by atoms with van der Waals surface area (Å²) in [5.41, 5.74) is 3.67. The Morgan fingerprint density at radius 1 is 1.04 bits per heavy atom. The van der Waals surface area contributed by atoms with Gasteiger partial charge in [-0.25, -0.2) is 4.52 Å². The van der Waals surface area contributed by atoms with Crippen LogP contribution >= 0.6 is 23.2 Å². The van der Waals surface area contributed by atoms with Crippen molar-refractivity contribution in [1.29, 1.82) is 0 Å². The third-order valence-corrected chi connectivity index (χ3v) is 5.42. The van der Waals surface area contributed by atoms with Crippen LogP contribution in [0, 0.1) is 0 Å². The lowest BCUT2D eigenvalue weighted by atomic mass is 10.2. The first kappa shape index (κ1) is 15.8. The van der Waals surface area contributed by atoms with Crippen LogP contribution in [-0.2, 0) is 6.54 Å². The number of quaternary nitrogens is 1. The van der Waals surface area contributed by atoms with E-state index in [1.165, 1.54) is 11.1 Å². The Kier molecular flexibility index (Phi) is 4.35. The molecule has 1 aromatic carbocycles. The molecule has 2 aromatic heterocycles. The summed E-state index contributed by atoms with van der Waals surface area (Å²) in [5.74, 6) is 0. The van der Waals surface area contributed by atoms with Gasteiger partial charge in [-0.3, -0.25) is 0 Å². The lowest BCUT2D eigenvalue weighted by molar-refractivity contribution is -0.914. The Labute approximate surface area is 151 Å². The monoisotopic (exact) mass is 361 g/mol. The first-order valence-electron chi connectivity index (χ1n) is 8.15. The summed E-state index contributed by atoms with van der Waals surface area (Å²) in [4.78, 5) is 3.96. The molecule has 1 fully saturated rings. The van der Waals surface area contributed by atoms with Gasteiger partial charge in [-0.2, -0.15) is 5.10 Å². The van der Waals surface area contributed by atoms with E-state index in [-0.39, 0.29) is 0 Å². The summed E-state index contributed by atoms with van der Waals surface area (Å²) in [6, 6.07) is 12.1. The lowest BCUT2D eigenvalue weighted by Gasteiger charge is -2.33. The third-order valence-electron chi connectivity index (χ3n) is 4.69. The molecule has 0 atom stereocenters. The van der Waals surface area contributed by atoms with Crippen molar-refractivity contribution >= 4 is 34.4 Å². The highest BCUT2D eigenvalue weighted by molar-refractivity contribution is 6.42. The summed E-state index contributed by atoms with van der Waals surface area (Å²) in [6.07, 6.45) is 3.99. The van der Waals surface area contributed by atoms with E-state index in [9.17, 15) is 0 Å². The molecule has 24 heavy (non-hydrogen) atoms. The minimum absolute atomic E-state index is 0.609. The fraction of sp³-hybridized carbons (Fsp3) is 0.278. The average Bonchev–Trinajstić information content (AvgIpc) is 3.01.